The Kier molecular flexibility index (Phi) is 6.44. The summed E-state index contributed by atoms with van der Waals surface area (Å²) in [4.78, 5) is 27.4. The number of carbonyl (C=O) groups excluding carboxylic acids is 2. The molecule has 5 rings (SSSR count). The summed E-state index contributed by atoms with van der Waals surface area (Å²) in [6.45, 7) is 2.83. The number of rotatable bonds is 6. The van der Waals surface area contributed by atoms with Crippen molar-refractivity contribution < 1.29 is 18.7 Å². The van der Waals surface area contributed by atoms with Gasteiger partial charge in [0.25, 0.3) is 11.8 Å². The summed E-state index contributed by atoms with van der Waals surface area (Å²) in [5, 5.41) is 5.58. The predicted molar refractivity (Wildman–Crippen MR) is 133 cm³/mol. The number of anilines is 1. The van der Waals surface area contributed by atoms with Crippen LogP contribution in [0.2, 0.25) is 0 Å². The summed E-state index contributed by atoms with van der Waals surface area (Å²) in [7, 11) is 1.76. The van der Waals surface area contributed by atoms with E-state index >= 15 is 0 Å². The summed E-state index contributed by atoms with van der Waals surface area (Å²) < 4.78 is 18.8. The molecule has 0 saturated carbocycles. The first kappa shape index (κ1) is 23.0. The number of methoxy groups -OCH3 is 1. The maximum absolute atomic E-state index is 13.3. The Balaban J connectivity index is 1.35. The molecule has 0 bridgehead atoms. The molecule has 1 saturated heterocycles. The molecule has 7 heteroatoms. The van der Waals surface area contributed by atoms with Crippen LogP contribution in [0.25, 0.3) is 16.7 Å². The van der Waals surface area contributed by atoms with Crippen molar-refractivity contribution in [1.82, 2.24) is 10.2 Å². The first-order valence-electron chi connectivity index (χ1n) is 11.6. The minimum absolute atomic E-state index is 0.308. The predicted octanol–water partition coefficient (Wildman–Crippen LogP) is 4.44. The second-order valence-electron chi connectivity index (χ2n) is 8.83. The number of halogens is 1. The molecular formula is C28H26FN3O3. The molecule has 1 fully saturated rings. The number of carbonyl (C=O) groups is 2. The van der Waals surface area contributed by atoms with Gasteiger partial charge in [-0.1, -0.05) is 30.3 Å². The third-order valence-corrected chi connectivity index (χ3v) is 6.51. The number of benzene rings is 3. The Morgan fingerprint density at radius 3 is 2.46 bits per heavy atom. The number of fused-ring (bicyclic) bond motifs is 1. The van der Waals surface area contributed by atoms with E-state index in [2.05, 4.69) is 27.7 Å². The van der Waals surface area contributed by atoms with E-state index in [1.807, 2.05) is 12.1 Å². The summed E-state index contributed by atoms with van der Waals surface area (Å²) in [6.07, 6.45) is 2.98. The standard InChI is InChI=1S/C28H26FN3O3/c1-35-23-12-13-32(17-23)16-18-2-9-22(10-3-18)30-15-26-25-14-20(19-4-7-21(29)8-5-19)6-11-24(25)27(33)31-28(26)34/h2-11,14-15,23,30H,12-13,16-17H2,1H3,(H,31,33,34)/b26-15-/t23-/m1/s1. The van der Waals surface area contributed by atoms with Crippen LogP contribution in [0.3, 0.4) is 0 Å². The number of ether oxygens (including phenoxy) is 1. The van der Waals surface area contributed by atoms with Crippen LogP contribution in [-0.4, -0.2) is 43.0 Å². The monoisotopic (exact) mass is 471 g/mol. The quantitative estimate of drug-likeness (QED) is 0.411. The third-order valence-electron chi connectivity index (χ3n) is 6.51. The number of amides is 2. The number of imide groups is 1. The molecule has 2 amide bonds. The second-order valence-corrected chi connectivity index (χ2v) is 8.83. The number of hydrogen-bond acceptors (Lipinski definition) is 5. The summed E-state index contributed by atoms with van der Waals surface area (Å²) in [6, 6.07) is 19.4. The SMILES string of the molecule is CO[C@@H]1CCN(Cc2ccc(N/C=C3\C(=O)NC(=O)c4ccc(-c5ccc(F)cc5)cc43)cc2)C1. The minimum Gasteiger partial charge on any atom is -0.380 e. The maximum atomic E-state index is 13.3. The molecule has 0 aromatic heterocycles. The van der Waals surface area contributed by atoms with Crippen molar-refractivity contribution in [3.8, 4) is 11.1 Å². The third kappa shape index (κ3) is 5.01. The molecule has 178 valence electrons. The lowest BCUT2D eigenvalue weighted by molar-refractivity contribution is -0.114. The van der Waals surface area contributed by atoms with E-state index < -0.39 is 11.8 Å². The molecule has 2 heterocycles. The van der Waals surface area contributed by atoms with Crippen LogP contribution in [0, 0.1) is 5.82 Å². The smallest absolute Gasteiger partial charge is 0.260 e. The lowest BCUT2D eigenvalue weighted by atomic mass is 9.91. The van der Waals surface area contributed by atoms with Gasteiger partial charge in [0.05, 0.1) is 11.7 Å². The van der Waals surface area contributed by atoms with Gasteiger partial charge in [0.15, 0.2) is 0 Å². The number of hydrogen-bond donors (Lipinski definition) is 2. The molecular weight excluding hydrogens is 445 g/mol. The van der Waals surface area contributed by atoms with E-state index in [0.29, 0.717) is 22.8 Å². The summed E-state index contributed by atoms with van der Waals surface area (Å²) in [5.74, 6) is -1.23. The Morgan fingerprint density at radius 1 is 1.00 bits per heavy atom. The van der Waals surface area contributed by atoms with Crippen LogP contribution >= 0.6 is 0 Å². The molecule has 2 N–H and O–H groups in total. The van der Waals surface area contributed by atoms with Crippen molar-refractivity contribution in [1.29, 1.82) is 0 Å². The van der Waals surface area contributed by atoms with Crippen LogP contribution in [-0.2, 0) is 16.1 Å². The van der Waals surface area contributed by atoms with Crippen LogP contribution in [0.4, 0.5) is 10.1 Å². The average Bonchev–Trinajstić information content (AvgIpc) is 3.32. The Bertz CT molecular complexity index is 1290. The van der Waals surface area contributed by atoms with E-state index in [4.69, 9.17) is 4.74 Å². The molecule has 0 unspecified atom stereocenters. The Labute approximate surface area is 203 Å². The van der Waals surface area contributed by atoms with Gasteiger partial charge in [-0.2, -0.15) is 0 Å². The van der Waals surface area contributed by atoms with Gasteiger partial charge in [0.2, 0.25) is 0 Å². The van der Waals surface area contributed by atoms with Crippen molar-refractivity contribution >= 4 is 23.1 Å². The summed E-state index contributed by atoms with van der Waals surface area (Å²) >= 11 is 0. The second kappa shape index (κ2) is 9.82. The van der Waals surface area contributed by atoms with Gasteiger partial charge >= 0.3 is 0 Å². The Morgan fingerprint density at radius 2 is 1.74 bits per heavy atom. The lowest BCUT2D eigenvalue weighted by Crippen LogP contribution is -2.36. The largest absolute Gasteiger partial charge is 0.380 e. The van der Waals surface area contributed by atoms with Gasteiger partial charge in [-0.15, -0.1) is 0 Å². The number of nitrogens with one attached hydrogen (secondary N) is 2. The van der Waals surface area contributed by atoms with Crippen LogP contribution in [0.15, 0.2) is 72.9 Å². The first-order chi connectivity index (χ1) is 17.0. The van der Waals surface area contributed by atoms with Gasteiger partial charge in [0.1, 0.15) is 5.82 Å². The normalized spacial score (nSPS) is 19.0. The molecule has 6 nitrogen and oxygen atoms in total. The molecule has 0 spiro atoms. The highest BCUT2D eigenvalue weighted by atomic mass is 19.1. The lowest BCUT2D eigenvalue weighted by Gasteiger charge is -2.20. The van der Waals surface area contributed by atoms with Gasteiger partial charge < -0.3 is 10.1 Å². The van der Waals surface area contributed by atoms with Gasteiger partial charge in [-0.25, -0.2) is 4.39 Å². The van der Waals surface area contributed by atoms with E-state index in [-0.39, 0.29) is 5.82 Å². The number of likely N-dealkylation sites (tertiary alicyclic amines) is 1. The zero-order valence-electron chi connectivity index (χ0n) is 19.4. The summed E-state index contributed by atoms with van der Waals surface area (Å²) in [5.41, 5.74) is 4.93. The fourth-order valence-electron chi connectivity index (χ4n) is 4.54. The molecule has 1 atom stereocenters. The van der Waals surface area contributed by atoms with Gasteiger partial charge in [-0.05, 0) is 59.5 Å². The average molecular weight is 472 g/mol. The van der Waals surface area contributed by atoms with E-state index in [1.54, 1.807) is 43.6 Å². The van der Waals surface area contributed by atoms with Crippen molar-refractivity contribution in [3.05, 3.63) is 95.4 Å². The molecule has 3 aromatic carbocycles. The fourth-order valence-corrected chi connectivity index (χ4v) is 4.54. The molecule has 0 aliphatic carbocycles. The van der Waals surface area contributed by atoms with E-state index in [0.717, 1.165) is 42.9 Å². The van der Waals surface area contributed by atoms with Crippen molar-refractivity contribution in [2.24, 2.45) is 0 Å². The minimum atomic E-state index is -0.468. The molecule has 0 radical (unpaired) electrons. The fraction of sp³-hybridized carbons (Fsp3) is 0.214. The highest BCUT2D eigenvalue weighted by Crippen LogP contribution is 2.30. The maximum Gasteiger partial charge on any atom is 0.260 e. The molecule has 2 aliphatic heterocycles. The topological polar surface area (TPSA) is 70.7 Å². The van der Waals surface area contributed by atoms with Crippen LogP contribution in [0.5, 0.6) is 0 Å². The molecule has 2 aliphatic rings. The highest BCUT2D eigenvalue weighted by molar-refractivity contribution is 6.31. The van der Waals surface area contributed by atoms with Crippen molar-refractivity contribution in [2.45, 2.75) is 19.1 Å². The first-order valence-corrected chi connectivity index (χ1v) is 11.6. The Hall–Kier alpha value is -3.81. The van der Waals surface area contributed by atoms with Gasteiger partial charge in [0, 0.05) is 49.8 Å². The van der Waals surface area contributed by atoms with Crippen molar-refractivity contribution in [2.75, 3.05) is 25.5 Å². The van der Waals surface area contributed by atoms with Crippen LogP contribution in [0.1, 0.15) is 27.9 Å². The van der Waals surface area contributed by atoms with Crippen LogP contribution < -0.4 is 10.6 Å². The molecule has 3 aromatic rings. The van der Waals surface area contributed by atoms with Crippen molar-refractivity contribution in [3.63, 3.8) is 0 Å². The van der Waals surface area contributed by atoms with Gasteiger partial charge in [-0.3, -0.25) is 19.8 Å². The zero-order valence-corrected chi connectivity index (χ0v) is 19.4. The number of nitrogens with zero attached hydrogens (tertiary/aromatic N) is 1. The highest BCUT2D eigenvalue weighted by Gasteiger charge is 2.27. The van der Waals surface area contributed by atoms with E-state index in [9.17, 15) is 14.0 Å². The zero-order chi connectivity index (χ0) is 24.4. The van der Waals surface area contributed by atoms with E-state index in [1.165, 1.54) is 17.7 Å². The molecule has 35 heavy (non-hydrogen) atoms.